The number of hydrogen-bond acceptors (Lipinski definition) is 1. The maximum absolute atomic E-state index is 5.80. The Labute approximate surface area is 91.7 Å². The molecule has 0 aromatic heterocycles. The normalized spacial score (nSPS) is 37.0. The molecular weight excluding hydrogens is 182 g/mol. The van der Waals surface area contributed by atoms with Crippen LogP contribution in [0.15, 0.2) is 18.2 Å². The molecule has 1 nitrogen and oxygen atoms in total. The second-order valence-corrected chi connectivity index (χ2v) is 5.89. The van der Waals surface area contributed by atoms with E-state index >= 15 is 0 Å². The van der Waals surface area contributed by atoms with Crippen molar-refractivity contribution < 1.29 is 0 Å². The zero-order chi connectivity index (χ0) is 10.7. The van der Waals surface area contributed by atoms with Gasteiger partial charge in [0.15, 0.2) is 0 Å². The monoisotopic (exact) mass is 201 g/mol. The first-order chi connectivity index (χ1) is 7.07. The van der Waals surface area contributed by atoms with Crippen LogP contribution >= 0.6 is 0 Å². The van der Waals surface area contributed by atoms with Crippen molar-refractivity contribution in [2.75, 3.05) is 6.54 Å². The fourth-order valence-electron chi connectivity index (χ4n) is 3.80. The van der Waals surface area contributed by atoms with Crippen LogP contribution in [0, 0.1) is 19.3 Å². The van der Waals surface area contributed by atoms with Crippen LogP contribution in [0.1, 0.15) is 36.0 Å². The molecular formula is C14H19N. The van der Waals surface area contributed by atoms with Gasteiger partial charge in [-0.3, -0.25) is 0 Å². The Morgan fingerprint density at radius 2 is 1.60 bits per heavy atom. The molecule has 0 amide bonds. The molecule has 1 aromatic rings. The van der Waals surface area contributed by atoms with Gasteiger partial charge < -0.3 is 5.73 Å². The van der Waals surface area contributed by atoms with Gasteiger partial charge in [0.25, 0.3) is 0 Å². The van der Waals surface area contributed by atoms with E-state index in [1.54, 1.807) is 5.56 Å². The fraction of sp³-hybridized carbons (Fsp3) is 0.571. The Morgan fingerprint density at radius 3 is 2.07 bits per heavy atom. The van der Waals surface area contributed by atoms with E-state index < -0.39 is 0 Å². The van der Waals surface area contributed by atoms with Gasteiger partial charge in [0.2, 0.25) is 0 Å². The first kappa shape index (κ1) is 9.41. The van der Waals surface area contributed by atoms with E-state index in [0.29, 0.717) is 10.8 Å². The second-order valence-electron chi connectivity index (χ2n) is 5.89. The van der Waals surface area contributed by atoms with Crippen LogP contribution in [0.2, 0.25) is 0 Å². The third-order valence-corrected chi connectivity index (χ3v) is 4.41. The van der Waals surface area contributed by atoms with Crippen LogP contribution < -0.4 is 5.73 Å². The van der Waals surface area contributed by atoms with Crippen LogP contribution in [-0.2, 0) is 5.41 Å². The third kappa shape index (κ3) is 1.13. The largest absolute Gasteiger partial charge is 0.330 e. The van der Waals surface area contributed by atoms with Crippen molar-refractivity contribution in [2.45, 2.75) is 38.5 Å². The molecule has 1 aromatic carbocycles. The van der Waals surface area contributed by atoms with Gasteiger partial charge in [0, 0.05) is 0 Å². The van der Waals surface area contributed by atoms with Gasteiger partial charge >= 0.3 is 0 Å². The van der Waals surface area contributed by atoms with Crippen molar-refractivity contribution in [3.05, 3.63) is 34.9 Å². The van der Waals surface area contributed by atoms with Crippen molar-refractivity contribution >= 4 is 0 Å². The molecule has 3 fully saturated rings. The van der Waals surface area contributed by atoms with E-state index in [1.165, 1.54) is 30.4 Å². The van der Waals surface area contributed by atoms with Gasteiger partial charge in [-0.15, -0.1) is 0 Å². The molecule has 0 saturated heterocycles. The van der Waals surface area contributed by atoms with E-state index in [1.807, 2.05) is 0 Å². The summed E-state index contributed by atoms with van der Waals surface area (Å²) in [4.78, 5) is 0. The molecule has 80 valence electrons. The van der Waals surface area contributed by atoms with E-state index in [0.717, 1.165) is 6.54 Å². The van der Waals surface area contributed by atoms with Gasteiger partial charge in [-0.05, 0) is 56.0 Å². The Kier molecular flexibility index (Phi) is 1.66. The predicted octanol–water partition coefficient (Wildman–Crippen LogP) is 2.68. The first-order valence-corrected chi connectivity index (χ1v) is 5.87. The Balaban J connectivity index is 1.90. The van der Waals surface area contributed by atoms with E-state index in [-0.39, 0.29) is 0 Å². The number of hydrogen-bond donors (Lipinski definition) is 1. The molecule has 0 spiro atoms. The van der Waals surface area contributed by atoms with E-state index in [2.05, 4.69) is 32.0 Å². The molecule has 0 unspecified atom stereocenters. The summed E-state index contributed by atoms with van der Waals surface area (Å²) in [6, 6.07) is 6.99. The third-order valence-electron chi connectivity index (χ3n) is 4.41. The number of aryl methyl sites for hydroxylation is 2. The minimum Gasteiger partial charge on any atom is -0.330 e. The van der Waals surface area contributed by atoms with Gasteiger partial charge in [0.1, 0.15) is 0 Å². The summed E-state index contributed by atoms with van der Waals surface area (Å²) in [5.41, 5.74) is 11.2. The predicted molar refractivity (Wildman–Crippen MR) is 62.9 cm³/mol. The van der Waals surface area contributed by atoms with Crippen molar-refractivity contribution in [1.82, 2.24) is 0 Å². The molecule has 3 saturated carbocycles. The molecule has 1 heteroatoms. The number of rotatable bonds is 2. The number of nitrogens with two attached hydrogens (primary N) is 1. The molecule has 2 N–H and O–H groups in total. The number of benzene rings is 1. The minimum atomic E-state index is 0.524. The van der Waals surface area contributed by atoms with Crippen LogP contribution in [0.25, 0.3) is 0 Å². The molecule has 0 aliphatic heterocycles. The minimum absolute atomic E-state index is 0.524. The topological polar surface area (TPSA) is 26.0 Å². The van der Waals surface area contributed by atoms with Crippen molar-refractivity contribution in [3.8, 4) is 0 Å². The quantitative estimate of drug-likeness (QED) is 0.782. The summed E-state index contributed by atoms with van der Waals surface area (Å²) in [5, 5.41) is 0. The highest BCUT2D eigenvalue weighted by molar-refractivity contribution is 5.42. The maximum Gasteiger partial charge on any atom is -0.00196 e. The van der Waals surface area contributed by atoms with E-state index in [9.17, 15) is 0 Å². The highest BCUT2D eigenvalue weighted by atomic mass is 14.8. The summed E-state index contributed by atoms with van der Waals surface area (Å²) in [5.74, 6) is 0. The Bertz CT molecular complexity index is 379. The van der Waals surface area contributed by atoms with Gasteiger partial charge in [-0.1, -0.05) is 29.3 Å². The molecule has 3 aliphatic carbocycles. The van der Waals surface area contributed by atoms with Crippen LogP contribution in [-0.4, -0.2) is 6.54 Å². The summed E-state index contributed by atoms with van der Waals surface area (Å²) in [7, 11) is 0. The lowest BCUT2D eigenvalue weighted by atomic mass is 9.33. The fourth-order valence-corrected chi connectivity index (χ4v) is 3.80. The van der Waals surface area contributed by atoms with Crippen LogP contribution in [0.4, 0.5) is 0 Å². The highest BCUT2D eigenvalue weighted by Crippen LogP contribution is 2.73. The SMILES string of the molecule is Cc1cc(C)cc(C23CC(CN)(C2)C3)c1. The van der Waals surface area contributed by atoms with Crippen molar-refractivity contribution in [3.63, 3.8) is 0 Å². The van der Waals surface area contributed by atoms with Crippen molar-refractivity contribution in [1.29, 1.82) is 0 Å². The van der Waals surface area contributed by atoms with Crippen LogP contribution in [0.3, 0.4) is 0 Å². The molecule has 15 heavy (non-hydrogen) atoms. The Hall–Kier alpha value is -0.820. The summed E-state index contributed by atoms with van der Waals surface area (Å²) in [6.45, 7) is 5.28. The maximum atomic E-state index is 5.80. The smallest absolute Gasteiger partial charge is 0.00196 e. The molecule has 0 radical (unpaired) electrons. The summed E-state index contributed by atoms with van der Waals surface area (Å²) < 4.78 is 0. The average molecular weight is 201 g/mol. The van der Waals surface area contributed by atoms with Gasteiger partial charge in [0.05, 0.1) is 0 Å². The van der Waals surface area contributed by atoms with Gasteiger partial charge in [-0.2, -0.15) is 0 Å². The van der Waals surface area contributed by atoms with E-state index in [4.69, 9.17) is 5.73 Å². The highest BCUT2D eigenvalue weighted by Gasteiger charge is 2.67. The lowest BCUT2D eigenvalue weighted by Gasteiger charge is -2.71. The average Bonchev–Trinajstić information content (AvgIpc) is 1.97. The molecule has 0 heterocycles. The standard InChI is InChI=1S/C14H19N/c1-10-3-11(2)5-12(4-10)14-6-13(7-14,8-14)9-15/h3-5H,6-9,15H2,1-2H3. The lowest BCUT2D eigenvalue weighted by molar-refractivity contribution is -0.132. The summed E-state index contributed by atoms with van der Waals surface area (Å²) >= 11 is 0. The summed E-state index contributed by atoms with van der Waals surface area (Å²) in [6.07, 6.45) is 4.00. The molecule has 0 atom stereocenters. The second kappa shape index (κ2) is 2.65. The Morgan fingerprint density at radius 1 is 1.07 bits per heavy atom. The van der Waals surface area contributed by atoms with Crippen molar-refractivity contribution in [2.24, 2.45) is 11.1 Å². The molecule has 4 rings (SSSR count). The lowest BCUT2D eigenvalue weighted by Crippen LogP contribution is -2.67. The zero-order valence-corrected chi connectivity index (χ0v) is 9.64. The first-order valence-electron chi connectivity index (χ1n) is 5.87. The molecule has 2 bridgehead atoms. The molecule has 3 aliphatic rings. The van der Waals surface area contributed by atoms with Crippen LogP contribution in [0.5, 0.6) is 0 Å². The zero-order valence-electron chi connectivity index (χ0n) is 9.64. The van der Waals surface area contributed by atoms with Gasteiger partial charge in [-0.25, -0.2) is 0 Å².